The van der Waals surface area contributed by atoms with Crippen molar-refractivity contribution in [2.75, 3.05) is 6.61 Å². The highest BCUT2D eigenvalue weighted by Gasteiger charge is 2.14. The van der Waals surface area contributed by atoms with Gasteiger partial charge < -0.3 is 15.8 Å². The molecule has 3 N–H and O–H groups in total. The number of halogens is 2. The zero-order valence-electron chi connectivity index (χ0n) is 9.70. The summed E-state index contributed by atoms with van der Waals surface area (Å²) in [7, 11) is 0. The fourth-order valence-electron chi connectivity index (χ4n) is 0.680. The third kappa shape index (κ3) is 16.5. The number of amides is 1. The van der Waals surface area contributed by atoms with Gasteiger partial charge in [0.25, 0.3) is 0 Å². The lowest BCUT2D eigenvalue weighted by atomic mass is 10.1. The summed E-state index contributed by atoms with van der Waals surface area (Å²) in [4.78, 5) is 11.1. The Balaban J connectivity index is -0.000000720. The van der Waals surface area contributed by atoms with Crippen LogP contribution in [-0.2, 0) is 4.74 Å². The van der Waals surface area contributed by atoms with Gasteiger partial charge >= 0.3 is 6.09 Å². The maximum absolute atomic E-state index is 11.1. The molecule has 0 fully saturated rings. The predicted octanol–water partition coefficient (Wildman–Crippen LogP) is 2.09. The molecule has 94 valence electrons. The first-order valence-corrected chi connectivity index (χ1v) is 4.52. The quantitative estimate of drug-likeness (QED) is 0.817. The van der Waals surface area contributed by atoms with Gasteiger partial charge in [-0.15, -0.1) is 24.8 Å². The number of alkyl carbamates (subject to hydrolysis) is 1. The van der Waals surface area contributed by atoms with E-state index in [-0.39, 0.29) is 42.5 Å². The molecule has 0 bridgehead atoms. The molecule has 1 unspecified atom stereocenters. The number of carbonyl (C=O) groups is 1. The fourth-order valence-corrected chi connectivity index (χ4v) is 0.680. The van der Waals surface area contributed by atoms with Gasteiger partial charge in [-0.1, -0.05) is 0 Å². The van der Waals surface area contributed by atoms with Gasteiger partial charge in [-0.05, 0) is 34.1 Å². The van der Waals surface area contributed by atoms with Crippen molar-refractivity contribution in [1.82, 2.24) is 5.32 Å². The highest BCUT2D eigenvalue weighted by atomic mass is 35.5. The minimum absolute atomic E-state index is 0. The Hall–Kier alpha value is -0.190. The summed E-state index contributed by atoms with van der Waals surface area (Å²) >= 11 is 0. The number of nitrogens with two attached hydrogens (primary N) is 1. The minimum atomic E-state index is -0.381. The Morgan fingerprint density at radius 3 is 2.20 bits per heavy atom. The van der Waals surface area contributed by atoms with E-state index in [1.807, 2.05) is 27.7 Å². The normalized spacial score (nSPS) is 11.8. The van der Waals surface area contributed by atoms with Gasteiger partial charge in [0, 0.05) is 11.6 Å². The second-order valence-corrected chi connectivity index (χ2v) is 4.28. The van der Waals surface area contributed by atoms with E-state index in [4.69, 9.17) is 10.5 Å². The van der Waals surface area contributed by atoms with Crippen LogP contribution < -0.4 is 11.1 Å². The van der Waals surface area contributed by atoms with Gasteiger partial charge in [0.1, 0.15) is 0 Å². The Labute approximate surface area is 104 Å². The molecule has 1 atom stereocenters. The van der Waals surface area contributed by atoms with Crippen LogP contribution in [-0.4, -0.2) is 24.3 Å². The second kappa shape index (κ2) is 9.07. The van der Waals surface area contributed by atoms with Crippen molar-refractivity contribution in [3.05, 3.63) is 0 Å². The Morgan fingerprint density at radius 1 is 1.40 bits per heavy atom. The molecule has 6 heteroatoms. The van der Waals surface area contributed by atoms with E-state index in [0.717, 1.165) is 0 Å². The molecule has 0 aromatic carbocycles. The van der Waals surface area contributed by atoms with Crippen LogP contribution in [0.2, 0.25) is 0 Å². The van der Waals surface area contributed by atoms with E-state index in [9.17, 15) is 4.79 Å². The third-order valence-corrected chi connectivity index (χ3v) is 1.28. The van der Waals surface area contributed by atoms with E-state index in [0.29, 0.717) is 13.0 Å². The van der Waals surface area contributed by atoms with Crippen LogP contribution in [0.4, 0.5) is 4.79 Å². The van der Waals surface area contributed by atoms with Gasteiger partial charge in [0.2, 0.25) is 0 Å². The van der Waals surface area contributed by atoms with Gasteiger partial charge in [-0.2, -0.15) is 0 Å². The number of rotatable bonds is 3. The summed E-state index contributed by atoms with van der Waals surface area (Å²) < 4.78 is 4.90. The molecule has 0 aliphatic heterocycles. The van der Waals surface area contributed by atoms with E-state index in [1.165, 1.54) is 0 Å². The van der Waals surface area contributed by atoms with E-state index < -0.39 is 0 Å². The molecular weight excluding hydrogens is 239 g/mol. The van der Waals surface area contributed by atoms with Crippen LogP contribution in [0.25, 0.3) is 0 Å². The molecule has 0 aromatic heterocycles. The number of ether oxygens (including phenoxy) is 1. The molecule has 0 rings (SSSR count). The fraction of sp³-hybridized carbons (Fsp3) is 0.889. The van der Waals surface area contributed by atoms with Crippen LogP contribution in [0.5, 0.6) is 0 Å². The lowest BCUT2D eigenvalue weighted by Gasteiger charge is -2.20. The Morgan fingerprint density at radius 2 is 1.87 bits per heavy atom. The van der Waals surface area contributed by atoms with Crippen LogP contribution in [0, 0.1) is 0 Å². The van der Waals surface area contributed by atoms with Crippen LogP contribution >= 0.6 is 24.8 Å². The molecule has 0 heterocycles. The minimum Gasteiger partial charge on any atom is -0.449 e. The van der Waals surface area contributed by atoms with Gasteiger partial charge in [-0.3, -0.25) is 0 Å². The summed E-state index contributed by atoms with van der Waals surface area (Å²) in [5.74, 6) is 0. The van der Waals surface area contributed by atoms with Gasteiger partial charge in [0.05, 0.1) is 6.61 Å². The lowest BCUT2D eigenvalue weighted by molar-refractivity contribution is 0.134. The standard InChI is InChI=1S/C9H20N2O2.2ClH/c1-7(10)5-6-13-8(12)11-9(2,3)4;;/h7H,5-6,10H2,1-4H3,(H,11,12);2*1H. The second-order valence-electron chi connectivity index (χ2n) is 4.28. The molecule has 0 aliphatic carbocycles. The zero-order chi connectivity index (χ0) is 10.5. The first-order chi connectivity index (χ1) is 5.81. The van der Waals surface area contributed by atoms with Gasteiger partial charge in [-0.25, -0.2) is 4.79 Å². The summed E-state index contributed by atoms with van der Waals surface area (Å²) in [5.41, 5.74) is 5.25. The summed E-state index contributed by atoms with van der Waals surface area (Å²) in [6, 6.07) is 0.0717. The molecule has 0 radical (unpaired) electrons. The van der Waals surface area contributed by atoms with Crippen molar-refractivity contribution in [2.45, 2.75) is 45.7 Å². The average molecular weight is 261 g/mol. The Bertz CT molecular complexity index is 170. The smallest absolute Gasteiger partial charge is 0.407 e. The highest BCUT2D eigenvalue weighted by Crippen LogP contribution is 1.99. The predicted molar refractivity (Wildman–Crippen MR) is 67.0 cm³/mol. The molecule has 4 nitrogen and oxygen atoms in total. The van der Waals surface area contributed by atoms with Gasteiger partial charge in [0.15, 0.2) is 0 Å². The SMILES string of the molecule is CC(N)CCOC(=O)NC(C)(C)C.Cl.Cl. The maximum Gasteiger partial charge on any atom is 0.407 e. The summed E-state index contributed by atoms with van der Waals surface area (Å²) in [6.45, 7) is 7.96. The first-order valence-electron chi connectivity index (χ1n) is 4.52. The maximum atomic E-state index is 11.1. The van der Waals surface area contributed by atoms with Crippen LogP contribution in [0.15, 0.2) is 0 Å². The topological polar surface area (TPSA) is 64.3 Å². The van der Waals surface area contributed by atoms with E-state index in [1.54, 1.807) is 0 Å². The molecule has 0 spiro atoms. The monoisotopic (exact) mass is 260 g/mol. The van der Waals surface area contributed by atoms with Crippen molar-refractivity contribution in [3.63, 3.8) is 0 Å². The molecule has 0 aromatic rings. The lowest BCUT2D eigenvalue weighted by Crippen LogP contribution is -2.41. The summed E-state index contributed by atoms with van der Waals surface area (Å²) in [5, 5.41) is 2.69. The largest absolute Gasteiger partial charge is 0.449 e. The van der Waals surface area contributed by atoms with Crippen molar-refractivity contribution in [1.29, 1.82) is 0 Å². The highest BCUT2D eigenvalue weighted by molar-refractivity contribution is 5.85. The number of hydrogen-bond acceptors (Lipinski definition) is 3. The molecule has 0 saturated carbocycles. The number of nitrogens with one attached hydrogen (secondary N) is 1. The first kappa shape index (κ1) is 20.3. The number of hydrogen-bond donors (Lipinski definition) is 2. The molecule has 0 aliphatic rings. The molecular formula is C9H22Cl2N2O2. The van der Waals surface area contributed by atoms with E-state index in [2.05, 4.69) is 5.32 Å². The van der Waals surface area contributed by atoms with Crippen molar-refractivity contribution >= 4 is 30.9 Å². The average Bonchev–Trinajstić information content (AvgIpc) is 1.81. The Kier molecular flexibility index (Phi) is 12.2. The zero-order valence-corrected chi connectivity index (χ0v) is 11.3. The third-order valence-electron chi connectivity index (χ3n) is 1.28. The van der Waals surface area contributed by atoms with Crippen molar-refractivity contribution in [2.24, 2.45) is 5.73 Å². The molecule has 0 saturated heterocycles. The molecule has 15 heavy (non-hydrogen) atoms. The van der Waals surface area contributed by atoms with Crippen molar-refractivity contribution in [3.8, 4) is 0 Å². The summed E-state index contributed by atoms with van der Waals surface area (Å²) in [6.07, 6.45) is 0.311. The number of carbonyl (C=O) groups excluding carboxylic acids is 1. The molecule has 1 amide bonds. The van der Waals surface area contributed by atoms with Crippen LogP contribution in [0.1, 0.15) is 34.1 Å². The van der Waals surface area contributed by atoms with Crippen LogP contribution in [0.3, 0.4) is 0 Å². The van der Waals surface area contributed by atoms with Crippen molar-refractivity contribution < 1.29 is 9.53 Å². The van der Waals surface area contributed by atoms with E-state index >= 15 is 0 Å².